The van der Waals surface area contributed by atoms with Gasteiger partial charge < -0.3 is 0 Å². The van der Waals surface area contributed by atoms with Crippen molar-refractivity contribution in [3.63, 3.8) is 0 Å². The Hall–Kier alpha value is -0.0800. The summed E-state index contributed by atoms with van der Waals surface area (Å²) < 4.78 is 0. The first-order valence-electron chi connectivity index (χ1n) is 5.95. The van der Waals surface area contributed by atoms with Gasteiger partial charge in [-0.25, -0.2) is 0 Å². The number of benzene rings is 1. The minimum absolute atomic E-state index is 0.795. The van der Waals surface area contributed by atoms with E-state index in [0.717, 1.165) is 17.4 Å². The topological polar surface area (TPSA) is 0 Å². The molecule has 0 saturated carbocycles. The third kappa shape index (κ3) is 5.86. The van der Waals surface area contributed by atoms with Gasteiger partial charge in [-0.2, -0.15) is 23.5 Å². The summed E-state index contributed by atoms with van der Waals surface area (Å²) in [4.78, 5) is 0. The van der Waals surface area contributed by atoms with Crippen molar-refractivity contribution < 1.29 is 0 Å². The fourth-order valence-corrected chi connectivity index (χ4v) is 3.07. The van der Waals surface area contributed by atoms with Crippen molar-refractivity contribution >= 4 is 23.5 Å². The molecule has 0 aliphatic carbocycles. The highest BCUT2D eigenvalue weighted by molar-refractivity contribution is 7.98. The molecule has 90 valence electrons. The van der Waals surface area contributed by atoms with Crippen LogP contribution in [0.1, 0.15) is 31.9 Å². The molecule has 0 heterocycles. The summed E-state index contributed by atoms with van der Waals surface area (Å²) in [5.74, 6) is 5.56. The molecule has 0 radical (unpaired) electrons. The lowest BCUT2D eigenvalue weighted by atomic mass is 10.2. The molecule has 0 unspecified atom stereocenters. The Bertz CT molecular complexity index is 295. The van der Waals surface area contributed by atoms with E-state index in [1.165, 1.54) is 22.6 Å². The normalized spacial score (nSPS) is 11.0. The molecule has 1 aromatic carbocycles. The highest BCUT2D eigenvalue weighted by Crippen LogP contribution is 2.18. The number of hydrogen-bond acceptors (Lipinski definition) is 2. The lowest BCUT2D eigenvalue weighted by Crippen LogP contribution is -1.92. The molecule has 0 atom stereocenters. The van der Waals surface area contributed by atoms with Gasteiger partial charge in [0.05, 0.1) is 0 Å². The van der Waals surface area contributed by atoms with Crippen molar-refractivity contribution in [2.45, 2.75) is 32.3 Å². The largest absolute Gasteiger partial charge is 0.157 e. The quantitative estimate of drug-likeness (QED) is 0.683. The lowest BCUT2D eigenvalue weighted by Gasteiger charge is -2.06. The first-order valence-corrected chi connectivity index (χ1v) is 8.26. The number of thioether (sulfide) groups is 2. The molecular formula is C14H22S2. The van der Waals surface area contributed by atoms with Gasteiger partial charge in [0.15, 0.2) is 0 Å². The first-order chi connectivity index (χ1) is 7.72. The SMILES string of the molecule is CCSCc1cccc(CSCC(C)C)c1. The maximum atomic E-state index is 2.36. The summed E-state index contributed by atoms with van der Waals surface area (Å²) in [5, 5.41) is 0. The molecule has 0 fully saturated rings. The minimum Gasteiger partial charge on any atom is -0.157 e. The summed E-state index contributed by atoms with van der Waals surface area (Å²) >= 11 is 4.03. The molecule has 0 aliphatic heterocycles. The molecule has 0 N–H and O–H groups in total. The number of hydrogen-bond donors (Lipinski definition) is 0. The van der Waals surface area contributed by atoms with Crippen LogP contribution < -0.4 is 0 Å². The van der Waals surface area contributed by atoms with E-state index in [9.17, 15) is 0 Å². The van der Waals surface area contributed by atoms with E-state index in [1.54, 1.807) is 0 Å². The third-order valence-electron chi connectivity index (χ3n) is 2.18. The standard InChI is InChI=1S/C14H22S2/c1-4-15-10-13-6-5-7-14(8-13)11-16-9-12(2)3/h5-8,12H,4,9-11H2,1-3H3. The zero-order valence-corrected chi connectivity index (χ0v) is 12.2. The molecule has 16 heavy (non-hydrogen) atoms. The van der Waals surface area contributed by atoms with Crippen LogP contribution in [0.5, 0.6) is 0 Å². The van der Waals surface area contributed by atoms with Gasteiger partial charge in [-0.05, 0) is 28.6 Å². The highest BCUT2D eigenvalue weighted by Gasteiger charge is 1.98. The van der Waals surface area contributed by atoms with Crippen LogP contribution in [0.2, 0.25) is 0 Å². The Morgan fingerprint density at radius 3 is 2.25 bits per heavy atom. The van der Waals surface area contributed by atoms with Gasteiger partial charge in [0.2, 0.25) is 0 Å². The minimum atomic E-state index is 0.795. The first kappa shape index (κ1) is 14.0. The monoisotopic (exact) mass is 254 g/mol. The van der Waals surface area contributed by atoms with Crippen molar-refractivity contribution in [2.24, 2.45) is 5.92 Å². The highest BCUT2D eigenvalue weighted by atomic mass is 32.2. The zero-order valence-electron chi connectivity index (χ0n) is 10.5. The maximum Gasteiger partial charge on any atom is 0.0184 e. The van der Waals surface area contributed by atoms with Gasteiger partial charge in [0, 0.05) is 11.5 Å². The molecular weight excluding hydrogens is 232 g/mol. The Morgan fingerprint density at radius 1 is 1.06 bits per heavy atom. The molecule has 0 aliphatic rings. The second-order valence-corrected chi connectivity index (χ2v) is 6.67. The van der Waals surface area contributed by atoms with E-state index in [1.807, 2.05) is 23.5 Å². The molecule has 0 spiro atoms. The Morgan fingerprint density at radius 2 is 1.69 bits per heavy atom. The molecule has 2 heteroatoms. The molecule has 0 nitrogen and oxygen atoms in total. The van der Waals surface area contributed by atoms with E-state index in [0.29, 0.717) is 0 Å². The summed E-state index contributed by atoms with van der Waals surface area (Å²) in [6.07, 6.45) is 0. The van der Waals surface area contributed by atoms with Crippen LogP contribution in [0.25, 0.3) is 0 Å². The van der Waals surface area contributed by atoms with E-state index in [4.69, 9.17) is 0 Å². The van der Waals surface area contributed by atoms with Gasteiger partial charge >= 0.3 is 0 Å². The molecule has 0 bridgehead atoms. The average Bonchev–Trinajstić information content (AvgIpc) is 2.26. The van der Waals surface area contributed by atoms with Crippen molar-refractivity contribution in [1.82, 2.24) is 0 Å². The van der Waals surface area contributed by atoms with Gasteiger partial charge in [-0.15, -0.1) is 0 Å². The van der Waals surface area contributed by atoms with Crippen molar-refractivity contribution in [3.05, 3.63) is 35.4 Å². The molecule has 1 aromatic rings. The summed E-state index contributed by atoms with van der Waals surface area (Å²) in [5.41, 5.74) is 2.94. The van der Waals surface area contributed by atoms with Crippen molar-refractivity contribution in [2.75, 3.05) is 11.5 Å². The van der Waals surface area contributed by atoms with Crippen LogP contribution in [0.4, 0.5) is 0 Å². The predicted octanol–water partition coefficient (Wildman–Crippen LogP) is 4.83. The Balaban J connectivity index is 2.40. The summed E-state index contributed by atoms with van der Waals surface area (Å²) in [7, 11) is 0. The third-order valence-corrected chi connectivity index (χ3v) is 4.57. The summed E-state index contributed by atoms with van der Waals surface area (Å²) in [6, 6.07) is 9.03. The van der Waals surface area contributed by atoms with Crippen LogP contribution in [0.3, 0.4) is 0 Å². The fraction of sp³-hybridized carbons (Fsp3) is 0.571. The van der Waals surface area contributed by atoms with Crippen LogP contribution in [-0.2, 0) is 11.5 Å². The maximum absolute atomic E-state index is 2.36. The van der Waals surface area contributed by atoms with Gasteiger partial charge in [0.1, 0.15) is 0 Å². The lowest BCUT2D eigenvalue weighted by molar-refractivity contribution is 0.750. The second kappa shape index (κ2) is 8.08. The summed E-state index contributed by atoms with van der Waals surface area (Å²) in [6.45, 7) is 6.77. The average molecular weight is 254 g/mol. The van der Waals surface area contributed by atoms with Gasteiger partial charge in [-0.3, -0.25) is 0 Å². The fourth-order valence-electron chi connectivity index (χ4n) is 1.44. The van der Waals surface area contributed by atoms with Crippen LogP contribution in [0.15, 0.2) is 24.3 Å². The molecule has 1 rings (SSSR count). The zero-order chi connectivity index (χ0) is 11.8. The smallest absolute Gasteiger partial charge is 0.0184 e. The van der Waals surface area contributed by atoms with Crippen LogP contribution in [-0.4, -0.2) is 11.5 Å². The van der Waals surface area contributed by atoms with E-state index in [-0.39, 0.29) is 0 Å². The number of rotatable bonds is 7. The Labute approximate surface area is 109 Å². The van der Waals surface area contributed by atoms with Gasteiger partial charge in [0.25, 0.3) is 0 Å². The van der Waals surface area contributed by atoms with E-state index < -0.39 is 0 Å². The molecule has 0 saturated heterocycles. The van der Waals surface area contributed by atoms with E-state index >= 15 is 0 Å². The van der Waals surface area contributed by atoms with Crippen molar-refractivity contribution in [3.8, 4) is 0 Å². The Kier molecular flexibility index (Phi) is 7.06. The van der Waals surface area contributed by atoms with E-state index in [2.05, 4.69) is 45.0 Å². The molecule has 0 amide bonds. The molecule has 0 aromatic heterocycles. The second-order valence-electron chi connectivity index (χ2n) is 4.37. The van der Waals surface area contributed by atoms with Gasteiger partial charge in [-0.1, -0.05) is 45.0 Å². The predicted molar refractivity (Wildman–Crippen MR) is 79.3 cm³/mol. The van der Waals surface area contributed by atoms with Crippen molar-refractivity contribution in [1.29, 1.82) is 0 Å². The van der Waals surface area contributed by atoms with Crippen LogP contribution in [0, 0.1) is 5.92 Å². The van der Waals surface area contributed by atoms with Crippen LogP contribution >= 0.6 is 23.5 Å².